The standard InChI is InChI=1S/C15H14Br2N2O2/c1-9-5-3-4-6-11(9)19-18-8-10-7-12(21-2)15(20)14(17)13(10)16/h3-8,19-20H,1-2H3/b18-8+. The number of phenolic OH excluding ortho intramolecular Hbond substituents is 1. The van der Waals surface area contributed by atoms with Crippen LogP contribution in [0.25, 0.3) is 0 Å². The van der Waals surface area contributed by atoms with Gasteiger partial charge in [0.05, 0.1) is 23.5 Å². The number of hydrogen-bond acceptors (Lipinski definition) is 4. The van der Waals surface area contributed by atoms with Gasteiger partial charge in [0.2, 0.25) is 0 Å². The summed E-state index contributed by atoms with van der Waals surface area (Å²) >= 11 is 6.72. The molecule has 0 fully saturated rings. The summed E-state index contributed by atoms with van der Waals surface area (Å²) in [7, 11) is 1.50. The number of hydrogen-bond donors (Lipinski definition) is 2. The van der Waals surface area contributed by atoms with Crippen LogP contribution in [-0.2, 0) is 0 Å². The van der Waals surface area contributed by atoms with Gasteiger partial charge >= 0.3 is 0 Å². The van der Waals surface area contributed by atoms with E-state index in [0.29, 0.717) is 14.7 Å². The van der Waals surface area contributed by atoms with Crippen LogP contribution in [0.1, 0.15) is 11.1 Å². The molecule has 0 unspecified atom stereocenters. The first-order valence-electron chi connectivity index (χ1n) is 6.14. The van der Waals surface area contributed by atoms with Crippen molar-refractivity contribution in [2.24, 2.45) is 5.10 Å². The quantitative estimate of drug-likeness (QED) is 0.565. The van der Waals surface area contributed by atoms with E-state index in [1.807, 2.05) is 31.2 Å². The topological polar surface area (TPSA) is 53.8 Å². The second-order valence-corrected chi connectivity index (χ2v) is 5.92. The zero-order valence-electron chi connectivity index (χ0n) is 11.5. The van der Waals surface area contributed by atoms with Crippen molar-refractivity contribution >= 4 is 43.8 Å². The van der Waals surface area contributed by atoms with Gasteiger partial charge in [0.25, 0.3) is 0 Å². The van der Waals surface area contributed by atoms with Gasteiger partial charge in [-0.2, -0.15) is 5.10 Å². The number of anilines is 1. The van der Waals surface area contributed by atoms with Crippen LogP contribution in [0.2, 0.25) is 0 Å². The van der Waals surface area contributed by atoms with E-state index in [0.717, 1.165) is 16.8 Å². The summed E-state index contributed by atoms with van der Waals surface area (Å²) in [5.74, 6) is 0.427. The summed E-state index contributed by atoms with van der Waals surface area (Å²) < 4.78 is 6.35. The molecule has 0 atom stereocenters. The summed E-state index contributed by atoms with van der Waals surface area (Å²) in [4.78, 5) is 0. The molecule has 0 amide bonds. The molecule has 2 rings (SSSR count). The average molecular weight is 414 g/mol. The minimum absolute atomic E-state index is 0.0494. The number of aryl methyl sites for hydroxylation is 1. The highest BCUT2D eigenvalue weighted by Crippen LogP contribution is 2.41. The van der Waals surface area contributed by atoms with Crippen LogP contribution in [0, 0.1) is 6.92 Å². The third kappa shape index (κ3) is 3.57. The Bertz CT molecular complexity index is 688. The molecule has 0 aromatic heterocycles. The van der Waals surface area contributed by atoms with Crippen molar-refractivity contribution in [2.45, 2.75) is 6.92 Å². The highest BCUT2D eigenvalue weighted by atomic mass is 79.9. The van der Waals surface area contributed by atoms with Gasteiger partial charge in [-0.1, -0.05) is 18.2 Å². The van der Waals surface area contributed by atoms with Gasteiger partial charge < -0.3 is 9.84 Å². The predicted octanol–water partition coefficient (Wildman–Crippen LogP) is 4.68. The van der Waals surface area contributed by atoms with Crippen molar-refractivity contribution in [3.8, 4) is 11.5 Å². The number of para-hydroxylation sites is 1. The molecule has 110 valence electrons. The van der Waals surface area contributed by atoms with Crippen LogP contribution in [0.5, 0.6) is 11.5 Å². The third-order valence-corrected chi connectivity index (χ3v) is 5.09. The molecule has 0 aliphatic heterocycles. The molecule has 0 radical (unpaired) electrons. The summed E-state index contributed by atoms with van der Waals surface area (Å²) in [5.41, 5.74) is 5.81. The Labute approximate surface area is 140 Å². The highest BCUT2D eigenvalue weighted by Gasteiger charge is 2.13. The van der Waals surface area contributed by atoms with Crippen molar-refractivity contribution in [3.63, 3.8) is 0 Å². The number of hydrazone groups is 1. The average Bonchev–Trinajstić information content (AvgIpc) is 2.49. The molecular formula is C15H14Br2N2O2. The first-order chi connectivity index (χ1) is 10.0. The minimum Gasteiger partial charge on any atom is -0.503 e. The summed E-state index contributed by atoms with van der Waals surface area (Å²) in [5, 5.41) is 14.1. The maximum Gasteiger partial charge on any atom is 0.173 e. The number of ether oxygens (including phenoxy) is 1. The van der Waals surface area contributed by atoms with Crippen molar-refractivity contribution in [3.05, 3.63) is 50.4 Å². The van der Waals surface area contributed by atoms with Crippen LogP contribution in [0.4, 0.5) is 5.69 Å². The second kappa shape index (κ2) is 6.95. The molecule has 0 spiro atoms. The van der Waals surface area contributed by atoms with E-state index in [-0.39, 0.29) is 5.75 Å². The van der Waals surface area contributed by atoms with E-state index in [2.05, 4.69) is 42.4 Å². The Balaban J connectivity index is 2.25. The number of methoxy groups -OCH3 is 1. The van der Waals surface area contributed by atoms with Gasteiger partial charge in [0.1, 0.15) is 0 Å². The Morgan fingerprint density at radius 3 is 2.62 bits per heavy atom. The molecule has 21 heavy (non-hydrogen) atoms. The maximum atomic E-state index is 9.88. The highest BCUT2D eigenvalue weighted by molar-refractivity contribution is 9.13. The van der Waals surface area contributed by atoms with Gasteiger partial charge in [0, 0.05) is 10.0 Å². The number of aromatic hydroxyl groups is 1. The molecule has 0 heterocycles. The van der Waals surface area contributed by atoms with Crippen molar-refractivity contribution < 1.29 is 9.84 Å². The monoisotopic (exact) mass is 412 g/mol. The Kier molecular flexibility index (Phi) is 5.25. The van der Waals surface area contributed by atoms with Crippen LogP contribution in [-0.4, -0.2) is 18.4 Å². The normalized spacial score (nSPS) is 10.9. The first kappa shape index (κ1) is 15.9. The van der Waals surface area contributed by atoms with Crippen LogP contribution < -0.4 is 10.2 Å². The minimum atomic E-state index is 0.0494. The number of benzene rings is 2. The van der Waals surface area contributed by atoms with E-state index in [4.69, 9.17) is 4.74 Å². The fraction of sp³-hybridized carbons (Fsp3) is 0.133. The molecule has 2 aromatic rings. The molecule has 0 aliphatic carbocycles. The van der Waals surface area contributed by atoms with E-state index in [1.54, 1.807) is 12.3 Å². The Hall–Kier alpha value is -1.53. The van der Waals surface area contributed by atoms with Crippen LogP contribution in [0.3, 0.4) is 0 Å². The van der Waals surface area contributed by atoms with Gasteiger partial charge in [-0.05, 0) is 56.5 Å². The molecule has 2 N–H and O–H groups in total. The van der Waals surface area contributed by atoms with Crippen molar-refractivity contribution in [1.82, 2.24) is 0 Å². The summed E-state index contributed by atoms with van der Waals surface area (Å²) in [6.07, 6.45) is 1.66. The lowest BCUT2D eigenvalue weighted by molar-refractivity contribution is 0.371. The first-order valence-corrected chi connectivity index (χ1v) is 7.73. The molecule has 0 aliphatic rings. The predicted molar refractivity (Wildman–Crippen MR) is 92.5 cm³/mol. The molecule has 2 aromatic carbocycles. The molecule has 0 saturated carbocycles. The van der Waals surface area contributed by atoms with Gasteiger partial charge in [-0.3, -0.25) is 5.43 Å². The van der Waals surface area contributed by atoms with E-state index in [1.165, 1.54) is 7.11 Å². The van der Waals surface area contributed by atoms with Gasteiger partial charge in [0.15, 0.2) is 11.5 Å². The largest absolute Gasteiger partial charge is 0.503 e. The zero-order chi connectivity index (χ0) is 15.4. The van der Waals surface area contributed by atoms with E-state index < -0.39 is 0 Å². The van der Waals surface area contributed by atoms with Crippen LogP contribution in [0.15, 0.2) is 44.4 Å². The Morgan fingerprint density at radius 2 is 1.95 bits per heavy atom. The molecule has 4 nitrogen and oxygen atoms in total. The zero-order valence-corrected chi connectivity index (χ0v) is 14.7. The summed E-state index contributed by atoms with van der Waals surface area (Å²) in [6, 6.07) is 9.58. The number of halogens is 2. The lowest BCUT2D eigenvalue weighted by Crippen LogP contribution is -1.95. The maximum absolute atomic E-state index is 9.88. The lowest BCUT2D eigenvalue weighted by Gasteiger charge is -2.09. The fourth-order valence-electron chi connectivity index (χ4n) is 1.73. The number of nitrogens with one attached hydrogen (secondary N) is 1. The smallest absolute Gasteiger partial charge is 0.173 e. The van der Waals surface area contributed by atoms with Gasteiger partial charge in [-0.15, -0.1) is 0 Å². The second-order valence-electron chi connectivity index (χ2n) is 4.33. The molecule has 6 heteroatoms. The van der Waals surface area contributed by atoms with Crippen molar-refractivity contribution in [1.29, 1.82) is 0 Å². The van der Waals surface area contributed by atoms with Crippen molar-refractivity contribution in [2.75, 3.05) is 12.5 Å². The molecule has 0 bridgehead atoms. The third-order valence-electron chi connectivity index (χ3n) is 2.93. The number of phenols is 1. The fourth-order valence-corrected chi connectivity index (χ4v) is 2.56. The number of nitrogens with zero attached hydrogens (tertiary/aromatic N) is 1. The molecular weight excluding hydrogens is 400 g/mol. The lowest BCUT2D eigenvalue weighted by atomic mass is 10.2. The SMILES string of the molecule is COc1cc(/C=N/Nc2ccccc2C)c(Br)c(Br)c1O. The summed E-state index contributed by atoms with van der Waals surface area (Å²) in [6.45, 7) is 2.01. The Morgan fingerprint density at radius 1 is 1.24 bits per heavy atom. The van der Waals surface area contributed by atoms with E-state index in [9.17, 15) is 5.11 Å². The number of rotatable bonds is 4. The molecule has 0 saturated heterocycles. The van der Waals surface area contributed by atoms with Crippen LogP contribution >= 0.6 is 31.9 Å². The van der Waals surface area contributed by atoms with Gasteiger partial charge in [-0.25, -0.2) is 0 Å². The van der Waals surface area contributed by atoms with E-state index >= 15 is 0 Å².